The number of H-pyrrole nitrogens is 1. The summed E-state index contributed by atoms with van der Waals surface area (Å²) in [4.78, 5) is 12.0. The molecule has 1 aromatic carbocycles. The topological polar surface area (TPSA) is 73.9 Å². The maximum atomic E-state index is 10.3. The fraction of sp³-hybridized carbons (Fsp3) is 0.571. The third-order valence-electron chi connectivity index (χ3n) is 4.65. The summed E-state index contributed by atoms with van der Waals surface area (Å²) in [7, 11) is 3.68. The molecule has 2 rings (SSSR count). The van der Waals surface area contributed by atoms with Gasteiger partial charge >= 0.3 is 0 Å². The maximum absolute atomic E-state index is 10.3. The first-order chi connectivity index (χ1) is 13.4. The van der Waals surface area contributed by atoms with E-state index in [1.165, 1.54) is 0 Å². The lowest BCUT2D eigenvalue weighted by Crippen LogP contribution is -2.35. The highest BCUT2D eigenvalue weighted by Gasteiger charge is 2.13. The Morgan fingerprint density at radius 3 is 2.54 bits per heavy atom. The maximum Gasteiger partial charge on any atom is 0.161 e. The van der Waals surface area contributed by atoms with E-state index in [1.54, 1.807) is 7.11 Å². The molecule has 0 aliphatic carbocycles. The van der Waals surface area contributed by atoms with Crippen molar-refractivity contribution in [2.75, 3.05) is 40.4 Å². The van der Waals surface area contributed by atoms with Crippen LogP contribution in [0.4, 0.5) is 0 Å². The van der Waals surface area contributed by atoms with Gasteiger partial charge in [-0.3, -0.25) is 4.90 Å². The van der Waals surface area contributed by atoms with Crippen LogP contribution in [0.3, 0.4) is 0 Å². The second-order valence-corrected chi connectivity index (χ2v) is 7.12. The van der Waals surface area contributed by atoms with Crippen molar-refractivity contribution in [1.29, 1.82) is 0 Å². The number of aromatic amines is 1. The van der Waals surface area contributed by atoms with E-state index in [-0.39, 0.29) is 6.61 Å². The van der Waals surface area contributed by atoms with E-state index in [0.29, 0.717) is 18.0 Å². The second-order valence-electron chi connectivity index (χ2n) is 7.12. The van der Waals surface area contributed by atoms with Gasteiger partial charge in [0.05, 0.1) is 13.7 Å². The van der Waals surface area contributed by atoms with Crippen molar-refractivity contribution in [3.05, 3.63) is 41.5 Å². The van der Waals surface area contributed by atoms with Gasteiger partial charge in [0.15, 0.2) is 11.5 Å². The minimum absolute atomic E-state index is 0.234. The van der Waals surface area contributed by atoms with Crippen LogP contribution in [0, 0.1) is 6.92 Å². The summed E-state index contributed by atoms with van der Waals surface area (Å²) in [5, 5.41) is 10.3. The summed E-state index contributed by atoms with van der Waals surface area (Å²) < 4.78 is 11.3. The fourth-order valence-corrected chi connectivity index (χ4v) is 3.12. The van der Waals surface area contributed by atoms with E-state index in [4.69, 9.17) is 9.47 Å². The number of aliphatic hydroxyl groups excluding tert-OH is 1. The smallest absolute Gasteiger partial charge is 0.161 e. The Morgan fingerprint density at radius 1 is 1.18 bits per heavy atom. The van der Waals surface area contributed by atoms with Crippen LogP contribution in [-0.4, -0.2) is 71.4 Å². The third-order valence-corrected chi connectivity index (χ3v) is 4.65. The number of hydrogen-bond acceptors (Lipinski definition) is 6. The minimum atomic E-state index is -0.543. The predicted octanol–water partition coefficient (Wildman–Crippen LogP) is 2.44. The molecule has 0 fully saturated rings. The molecule has 0 aliphatic heterocycles. The Hall–Kier alpha value is -2.09. The Kier molecular flexibility index (Phi) is 8.76. The molecular weight excluding hydrogens is 356 g/mol. The van der Waals surface area contributed by atoms with Crippen LogP contribution < -0.4 is 9.47 Å². The molecule has 0 amide bonds. The highest BCUT2D eigenvalue weighted by Crippen LogP contribution is 2.28. The summed E-state index contributed by atoms with van der Waals surface area (Å²) in [5.41, 5.74) is 2.17. The molecule has 7 heteroatoms. The van der Waals surface area contributed by atoms with Crippen LogP contribution in [0.1, 0.15) is 30.9 Å². The molecule has 0 bridgehead atoms. The highest BCUT2D eigenvalue weighted by molar-refractivity contribution is 5.43. The molecule has 2 N–H and O–H groups in total. The number of hydrogen-bond donors (Lipinski definition) is 2. The van der Waals surface area contributed by atoms with Crippen LogP contribution >= 0.6 is 0 Å². The van der Waals surface area contributed by atoms with Gasteiger partial charge in [-0.1, -0.05) is 19.9 Å². The molecule has 0 spiro atoms. The largest absolute Gasteiger partial charge is 0.493 e. The lowest BCUT2D eigenvalue weighted by Gasteiger charge is -2.22. The molecule has 1 heterocycles. The zero-order valence-electron chi connectivity index (χ0n) is 17.7. The van der Waals surface area contributed by atoms with Crippen molar-refractivity contribution in [3.8, 4) is 11.5 Å². The molecule has 0 aliphatic rings. The first kappa shape index (κ1) is 22.2. The first-order valence-corrected chi connectivity index (χ1v) is 9.84. The molecule has 2 aromatic rings. The highest BCUT2D eigenvalue weighted by atomic mass is 16.5. The number of rotatable bonds is 12. The van der Waals surface area contributed by atoms with Gasteiger partial charge < -0.3 is 24.5 Å². The molecule has 1 unspecified atom stereocenters. The van der Waals surface area contributed by atoms with E-state index in [0.717, 1.165) is 43.3 Å². The Morgan fingerprint density at radius 2 is 1.93 bits per heavy atom. The molecular formula is C21H34N4O3. The molecule has 0 saturated heterocycles. The van der Waals surface area contributed by atoms with Gasteiger partial charge in [0, 0.05) is 25.0 Å². The fourth-order valence-electron chi connectivity index (χ4n) is 3.12. The normalized spacial score (nSPS) is 12.6. The summed E-state index contributed by atoms with van der Waals surface area (Å²) in [6.07, 6.45) is 1.30. The molecule has 28 heavy (non-hydrogen) atoms. The Labute approximate surface area is 168 Å². The van der Waals surface area contributed by atoms with Crippen LogP contribution in [-0.2, 0) is 13.1 Å². The third kappa shape index (κ3) is 6.82. The predicted molar refractivity (Wildman–Crippen MR) is 111 cm³/mol. The van der Waals surface area contributed by atoms with E-state index < -0.39 is 6.10 Å². The molecule has 1 atom stereocenters. The average molecular weight is 391 g/mol. The molecule has 0 saturated carbocycles. The Balaban J connectivity index is 1.96. The van der Waals surface area contributed by atoms with Gasteiger partial charge in [-0.2, -0.15) is 0 Å². The number of imidazole rings is 1. The number of likely N-dealkylation sites (N-methyl/N-ethyl adjacent to an activating group) is 1. The van der Waals surface area contributed by atoms with Gasteiger partial charge in [0.25, 0.3) is 0 Å². The molecule has 156 valence electrons. The number of benzene rings is 1. The molecule has 0 radical (unpaired) electrons. The number of nitrogens with one attached hydrogen (secondary N) is 1. The average Bonchev–Trinajstić information content (AvgIpc) is 3.08. The quantitative estimate of drug-likeness (QED) is 0.580. The summed E-state index contributed by atoms with van der Waals surface area (Å²) >= 11 is 0. The lowest BCUT2D eigenvalue weighted by atomic mass is 10.2. The molecule has 7 nitrogen and oxygen atoms in total. The van der Waals surface area contributed by atoms with Crippen LogP contribution in [0.5, 0.6) is 11.5 Å². The zero-order chi connectivity index (χ0) is 20.5. The van der Waals surface area contributed by atoms with Crippen molar-refractivity contribution < 1.29 is 14.6 Å². The van der Waals surface area contributed by atoms with Crippen molar-refractivity contribution >= 4 is 0 Å². The van der Waals surface area contributed by atoms with Crippen LogP contribution in [0.2, 0.25) is 0 Å². The number of aliphatic hydroxyl groups is 1. The number of nitrogens with zero attached hydrogens (tertiary/aromatic N) is 3. The summed E-state index contributed by atoms with van der Waals surface area (Å²) in [5.74, 6) is 2.27. The van der Waals surface area contributed by atoms with E-state index in [9.17, 15) is 5.11 Å². The van der Waals surface area contributed by atoms with E-state index >= 15 is 0 Å². The number of aromatic nitrogens is 2. The SMILES string of the molecule is CCN(CC)CC(O)COc1cc(CN(C)Cc2ncc(C)[nH]2)ccc1OC. The number of methoxy groups -OCH3 is 1. The van der Waals surface area contributed by atoms with Crippen LogP contribution in [0.25, 0.3) is 0 Å². The van der Waals surface area contributed by atoms with Gasteiger partial charge in [0.1, 0.15) is 18.5 Å². The number of ether oxygens (including phenoxy) is 2. The standard InChI is InChI=1S/C21H34N4O3/c1-6-25(7-2)13-18(26)15-28-20-10-17(8-9-19(20)27-5)12-24(4)14-21-22-11-16(3)23-21/h8-11,18,26H,6-7,12-15H2,1-5H3,(H,22,23). The first-order valence-electron chi connectivity index (χ1n) is 9.84. The van der Waals surface area contributed by atoms with Gasteiger partial charge in [-0.25, -0.2) is 4.98 Å². The summed E-state index contributed by atoms with van der Waals surface area (Å²) in [6.45, 7) is 10.3. The van der Waals surface area contributed by atoms with Gasteiger partial charge in [-0.15, -0.1) is 0 Å². The molecule has 1 aromatic heterocycles. The monoisotopic (exact) mass is 390 g/mol. The van der Waals surface area contributed by atoms with Gasteiger partial charge in [-0.05, 0) is 44.8 Å². The number of aryl methyl sites for hydroxylation is 1. The zero-order valence-corrected chi connectivity index (χ0v) is 17.7. The van der Waals surface area contributed by atoms with E-state index in [2.05, 4.69) is 40.7 Å². The van der Waals surface area contributed by atoms with Crippen molar-refractivity contribution in [1.82, 2.24) is 19.8 Å². The van der Waals surface area contributed by atoms with Crippen LogP contribution in [0.15, 0.2) is 24.4 Å². The second kappa shape index (κ2) is 11.0. The van der Waals surface area contributed by atoms with E-state index in [1.807, 2.05) is 31.3 Å². The van der Waals surface area contributed by atoms with Crippen molar-refractivity contribution in [2.24, 2.45) is 0 Å². The van der Waals surface area contributed by atoms with Crippen molar-refractivity contribution in [3.63, 3.8) is 0 Å². The Bertz CT molecular complexity index is 715. The minimum Gasteiger partial charge on any atom is -0.493 e. The lowest BCUT2D eigenvalue weighted by molar-refractivity contribution is 0.0705. The van der Waals surface area contributed by atoms with Gasteiger partial charge in [0.2, 0.25) is 0 Å². The summed E-state index contributed by atoms with van der Waals surface area (Å²) in [6, 6.07) is 5.92. The van der Waals surface area contributed by atoms with Crippen molar-refractivity contribution in [2.45, 2.75) is 40.0 Å².